The van der Waals surface area contributed by atoms with Gasteiger partial charge in [0.25, 0.3) is 0 Å². The Morgan fingerprint density at radius 3 is 2.62 bits per heavy atom. The van der Waals surface area contributed by atoms with Crippen LogP contribution in [0.2, 0.25) is 0 Å². The van der Waals surface area contributed by atoms with Crippen molar-refractivity contribution in [2.45, 2.75) is 13.5 Å². The van der Waals surface area contributed by atoms with Crippen LogP contribution in [0.5, 0.6) is 0 Å². The van der Waals surface area contributed by atoms with Crippen LogP contribution in [0.4, 0.5) is 11.4 Å². The molecule has 0 amide bonds. The molecule has 0 radical (unpaired) electrons. The predicted molar refractivity (Wildman–Crippen MR) is 97.8 cm³/mol. The van der Waals surface area contributed by atoms with Crippen LogP contribution in [0, 0.1) is 0 Å². The molecule has 1 heterocycles. The molecule has 0 unspecified atom stereocenters. The summed E-state index contributed by atoms with van der Waals surface area (Å²) >= 11 is 0. The maximum atomic E-state index is 12.0. The fourth-order valence-corrected chi connectivity index (χ4v) is 2.76. The maximum absolute atomic E-state index is 12.0. The highest BCUT2D eigenvalue weighted by Gasteiger charge is 2.14. The third kappa shape index (κ3) is 3.36. The van der Waals surface area contributed by atoms with Crippen LogP contribution in [0.1, 0.15) is 33.2 Å². The first-order valence-corrected chi connectivity index (χ1v) is 7.93. The van der Waals surface area contributed by atoms with E-state index in [0.29, 0.717) is 33.4 Å². The zero-order valence-electron chi connectivity index (χ0n) is 14.0. The van der Waals surface area contributed by atoms with Crippen LogP contribution in [-0.4, -0.2) is 27.9 Å². The van der Waals surface area contributed by atoms with Gasteiger partial charge in [-0.3, -0.25) is 19.4 Å². The number of para-hydroxylation sites is 1. The number of aliphatic hydroxyl groups is 1. The Hall–Kier alpha value is -3.38. The quantitative estimate of drug-likeness (QED) is 0.404. The molecule has 0 bridgehead atoms. The minimum absolute atomic E-state index is 0.0951. The molecule has 2 N–H and O–H groups in total. The highest BCUT2D eigenvalue weighted by atomic mass is 16.3. The van der Waals surface area contributed by atoms with E-state index >= 15 is 0 Å². The molecule has 6 nitrogen and oxygen atoms in total. The Balaban J connectivity index is 2.16. The third-order valence-electron chi connectivity index (χ3n) is 3.98. The number of fused-ring (bicyclic) bond motifs is 1. The van der Waals surface area contributed by atoms with Gasteiger partial charge in [0.2, 0.25) is 5.78 Å². The van der Waals surface area contributed by atoms with Crippen LogP contribution in [-0.2, 0) is 11.4 Å². The molecule has 0 aliphatic heterocycles. The average Bonchev–Trinajstić information content (AvgIpc) is 2.66. The lowest BCUT2D eigenvalue weighted by Gasteiger charge is -2.13. The van der Waals surface area contributed by atoms with Crippen LogP contribution in [0.25, 0.3) is 10.9 Å². The van der Waals surface area contributed by atoms with Gasteiger partial charge in [-0.2, -0.15) is 0 Å². The summed E-state index contributed by atoms with van der Waals surface area (Å²) in [5.41, 5.74) is 2.76. The van der Waals surface area contributed by atoms with Crippen LogP contribution < -0.4 is 5.32 Å². The highest BCUT2D eigenvalue weighted by molar-refractivity contribution is 6.36. The number of aromatic nitrogens is 1. The predicted octanol–water partition coefficient (Wildman–Crippen LogP) is 3.05. The van der Waals surface area contributed by atoms with Gasteiger partial charge in [-0.1, -0.05) is 12.1 Å². The molecule has 0 spiro atoms. The van der Waals surface area contributed by atoms with Crippen molar-refractivity contribution in [2.24, 2.45) is 0 Å². The number of ketones is 2. The Kier molecular flexibility index (Phi) is 4.86. The molecule has 130 valence electrons. The summed E-state index contributed by atoms with van der Waals surface area (Å²) in [6.07, 6.45) is 1.70. The van der Waals surface area contributed by atoms with Gasteiger partial charge in [-0.25, -0.2) is 0 Å². The van der Waals surface area contributed by atoms with Gasteiger partial charge in [0, 0.05) is 28.5 Å². The highest BCUT2D eigenvalue weighted by Crippen LogP contribution is 2.27. The van der Waals surface area contributed by atoms with Crippen molar-refractivity contribution in [1.82, 2.24) is 4.98 Å². The number of nitrogens with one attached hydrogen (secondary N) is 1. The normalized spacial score (nSPS) is 10.5. The fourth-order valence-electron chi connectivity index (χ4n) is 2.76. The first-order valence-electron chi connectivity index (χ1n) is 7.93. The second-order valence-electron chi connectivity index (χ2n) is 5.81. The zero-order chi connectivity index (χ0) is 18.7. The molecule has 2 aromatic carbocycles. The van der Waals surface area contributed by atoms with Gasteiger partial charge >= 0.3 is 0 Å². The van der Waals surface area contributed by atoms with Gasteiger partial charge < -0.3 is 10.4 Å². The molecule has 0 fully saturated rings. The lowest BCUT2D eigenvalue weighted by molar-refractivity contribution is -0.104. The van der Waals surface area contributed by atoms with Gasteiger partial charge in [0.05, 0.1) is 17.7 Å². The second-order valence-corrected chi connectivity index (χ2v) is 5.81. The van der Waals surface area contributed by atoms with Crippen molar-refractivity contribution in [2.75, 3.05) is 5.32 Å². The van der Waals surface area contributed by atoms with E-state index in [0.717, 1.165) is 0 Å². The molecule has 26 heavy (non-hydrogen) atoms. The number of Topliss-reactive ketones (excluding diaryl/α,β-unsaturated/α-hetero) is 2. The van der Waals surface area contributed by atoms with E-state index in [-0.39, 0.29) is 24.2 Å². The van der Waals surface area contributed by atoms with Gasteiger partial charge in [0.15, 0.2) is 12.1 Å². The number of hydrogen-bond donors (Lipinski definition) is 2. The van der Waals surface area contributed by atoms with Gasteiger partial charge in [-0.15, -0.1) is 0 Å². The number of carbonyl (C=O) groups excluding carboxylic acids is 3. The molecule has 1 aromatic heterocycles. The smallest absolute Gasteiger partial charge is 0.227 e. The van der Waals surface area contributed by atoms with Crippen molar-refractivity contribution in [3.63, 3.8) is 0 Å². The standard InChI is InChI=1S/C20H16N2O4/c1-12(25)16-4-2-3-5-18(16)22-15-7-14-6-13(10-23)9-21-20(14)17(8-15)19(26)11-24/h2-9,11,22-23H,10H2,1H3. The summed E-state index contributed by atoms with van der Waals surface area (Å²) in [5, 5.41) is 13.0. The Labute approximate surface area is 149 Å². The van der Waals surface area contributed by atoms with Crippen molar-refractivity contribution in [3.8, 4) is 0 Å². The molecule has 3 aromatic rings. The minimum Gasteiger partial charge on any atom is -0.392 e. The first-order chi connectivity index (χ1) is 12.5. The average molecular weight is 348 g/mol. The van der Waals surface area contributed by atoms with Crippen LogP contribution in [0.15, 0.2) is 48.7 Å². The van der Waals surface area contributed by atoms with Gasteiger partial charge in [-0.05, 0) is 42.8 Å². The topological polar surface area (TPSA) is 96.4 Å². The Morgan fingerprint density at radius 2 is 1.92 bits per heavy atom. The number of carbonyl (C=O) groups is 3. The second kappa shape index (κ2) is 7.25. The number of aldehydes is 1. The summed E-state index contributed by atoms with van der Waals surface area (Å²) in [4.78, 5) is 39.0. The maximum Gasteiger partial charge on any atom is 0.227 e. The third-order valence-corrected chi connectivity index (χ3v) is 3.98. The van der Waals surface area contributed by atoms with E-state index in [2.05, 4.69) is 10.3 Å². The minimum atomic E-state index is -0.692. The van der Waals surface area contributed by atoms with E-state index in [1.807, 2.05) is 0 Å². The Morgan fingerprint density at radius 1 is 1.15 bits per heavy atom. The zero-order valence-corrected chi connectivity index (χ0v) is 14.0. The monoisotopic (exact) mass is 348 g/mol. The van der Waals surface area contributed by atoms with Crippen LogP contribution >= 0.6 is 0 Å². The summed E-state index contributed by atoms with van der Waals surface area (Å²) < 4.78 is 0. The molecular formula is C20H16N2O4. The SMILES string of the molecule is CC(=O)c1ccccc1Nc1cc(C(=O)C=O)c2ncc(CO)cc2c1. The molecule has 0 atom stereocenters. The number of hydrogen-bond acceptors (Lipinski definition) is 6. The molecular weight excluding hydrogens is 332 g/mol. The number of rotatable bonds is 6. The van der Waals surface area contributed by atoms with Crippen LogP contribution in [0.3, 0.4) is 0 Å². The van der Waals surface area contributed by atoms with E-state index in [4.69, 9.17) is 0 Å². The molecule has 0 aliphatic carbocycles. The molecule has 0 saturated carbocycles. The van der Waals surface area contributed by atoms with E-state index in [1.165, 1.54) is 19.2 Å². The lowest BCUT2D eigenvalue weighted by atomic mass is 10.0. The summed E-state index contributed by atoms with van der Waals surface area (Å²) in [7, 11) is 0. The van der Waals surface area contributed by atoms with Crippen molar-refractivity contribution < 1.29 is 19.5 Å². The molecule has 3 rings (SSSR count). The Bertz CT molecular complexity index is 1030. The van der Waals surface area contributed by atoms with Crippen molar-refractivity contribution in [1.29, 1.82) is 0 Å². The van der Waals surface area contributed by atoms with E-state index < -0.39 is 5.78 Å². The number of aliphatic hydroxyl groups excluding tert-OH is 1. The summed E-state index contributed by atoms with van der Waals surface area (Å²) in [6.45, 7) is 1.28. The van der Waals surface area contributed by atoms with E-state index in [1.54, 1.807) is 36.4 Å². The fraction of sp³-hybridized carbons (Fsp3) is 0.100. The molecule has 0 saturated heterocycles. The van der Waals surface area contributed by atoms with Crippen molar-refractivity contribution >= 4 is 40.1 Å². The molecule has 6 heteroatoms. The number of benzene rings is 2. The summed E-state index contributed by atoms with van der Waals surface area (Å²) in [5.74, 6) is -0.787. The number of nitrogens with zero attached hydrogens (tertiary/aromatic N) is 1. The lowest BCUT2D eigenvalue weighted by Crippen LogP contribution is -2.05. The first kappa shape index (κ1) is 17.4. The summed E-state index contributed by atoms with van der Waals surface area (Å²) in [6, 6.07) is 12.0. The van der Waals surface area contributed by atoms with Gasteiger partial charge in [0.1, 0.15) is 0 Å². The largest absolute Gasteiger partial charge is 0.392 e. The number of anilines is 2. The molecule has 0 aliphatic rings. The van der Waals surface area contributed by atoms with E-state index in [9.17, 15) is 19.5 Å². The number of pyridine rings is 1. The van der Waals surface area contributed by atoms with Crippen molar-refractivity contribution in [3.05, 3.63) is 65.4 Å².